The van der Waals surface area contributed by atoms with E-state index < -0.39 is 5.97 Å². The van der Waals surface area contributed by atoms with E-state index in [9.17, 15) is 9.59 Å². The molecule has 1 amide bonds. The van der Waals surface area contributed by atoms with Crippen molar-refractivity contribution in [2.45, 2.75) is 13.5 Å². The van der Waals surface area contributed by atoms with Crippen molar-refractivity contribution < 1.29 is 24.2 Å². The largest absolute Gasteiger partial charge is 0.490 e. The van der Waals surface area contributed by atoms with Gasteiger partial charge in [-0.1, -0.05) is 23.7 Å². The van der Waals surface area contributed by atoms with Crippen molar-refractivity contribution in [2.75, 3.05) is 20.7 Å². The number of hydrogen-bond donors (Lipinski definition) is 1. The highest BCUT2D eigenvalue weighted by Crippen LogP contribution is 2.39. The van der Waals surface area contributed by atoms with Crippen LogP contribution < -0.4 is 9.47 Å². The lowest BCUT2D eigenvalue weighted by Crippen LogP contribution is -2.23. The Hall–Kier alpha value is -2.97. The molecule has 31 heavy (non-hydrogen) atoms. The van der Waals surface area contributed by atoms with Crippen molar-refractivity contribution >= 4 is 46.5 Å². The number of rotatable bonds is 7. The predicted octanol–water partition coefficient (Wildman–Crippen LogP) is 4.55. The second kappa shape index (κ2) is 9.89. The summed E-state index contributed by atoms with van der Waals surface area (Å²) in [4.78, 5) is 29.5. The number of thioether (sulfide) groups is 1. The molecule has 1 heterocycles. The fraction of sp³-hybridized carbons (Fsp3) is 0.227. The minimum Gasteiger partial charge on any atom is -0.490 e. The van der Waals surface area contributed by atoms with Crippen LogP contribution in [0.25, 0.3) is 6.08 Å². The zero-order valence-corrected chi connectivity index (χ0v) is 18.8. The van der Waals surface area contributed by atoms with Gasteiger partial charge in [-0.25, -0.2) is 4.79 Å². The fourth-order valence-corrected chi connectivity index (χ4v) is 4.07. The Labute approximate surface area is 189 Å². The number of aromatic carboxylic acids is 1. The summed E-state index contributed by atoms with van der Waals surface area (Å²) in [7, 11) is 3.32. The summed E-state index contributed by atoms with van der Waals surface area (Å²) < 4.78 is 11.6. The molecule has 7 nitrogen and oxygen atoms in total. The number of nitrogens with zero attached hydrogens (tertiary/aromatic N) is 2. The minimum absolute atomic E-state index is 0.134. The molecule has 2 aromatic rings. The third-order valence-corrected chi connectivity index (χ3v) is 5.84. The Morgan fingerprint density at radius 3 is 2.55 bits per heavy atom. The molecule has 1 saturated heterocycles. The minimum atomic E-state index is -0.985. The predicted molar refractivity (Wildman–Crippen MR) is 122 cm³/mol. The van der Waals surface area contributed by atoms with E-state index in [0.717, 1.165) is 5.56 Å². The van der Waals surface area contributed by atoms with Gasteiger partial charge in [0, 0.05) is 14.1 Å². The summed E-state index contributed by atoms with van der Waals surface area (Å²) in [6, 6.07) is 9.87. The number of hydrogen-bond acceptors (Lipinski definition) is 6. The first-order chi connectivity index (χ1) is 14.8. The normalized spacial score (nSPS) is 16.3. The lowest BCUT2D eigenvalue weighted by Gasteiger charge is -2.15. The van der Waals surface area contributed by atoms with E-state index in [-0.39, 0.29) is 18.1 Å². The molecule has 1 aliphatic rings. The van der Waals surface area contributed by atoms with Gasteiger partial charge >= 0.3 is 5.97 Å². The number of ether oxygens (including phenoxy) is 2. The summed E-state index contributed by atoms with van der Waals surface area (Å²) in [5.41, 5.74) is 1.70. The molecule has 0 aromatic heterocycles. The summed E-state index contributed by atoms with van der Waals surface area (Å²) in [5.74, 6) is -0.283. The molecule has 2 aromatic carbocycles. The van der Waals surface area contributed by atoms with Crippen LogP contribution in [0.2, 0.25) is 5.02 Å². The number of carboxylic acid groups (broad SMARTS) is 1. The number of aliphatic imine (C=N–C) groups is 1. The van der Waals surface area contributed by atoms with Gasteiger partial charge in [-0.05, 0) is 60.2 Å². The van der Waals surface area contributed by atoms with E-state index in [1.807, 2.05) is 6.92 Å². The number of carbonyl (C=O) groups is 2. The molecule has 0 saturated carbocycles. The molecule has 0 atom stereocenters. The van der Waals surface area contributed by atoms with Gasteiger partial charge in [0.25, 0.3) is 5.91 Å². The van der Waals surface area contributed by atoms with Crippen molar-refractivity contribution in [2.24, 2.45) is 4.99 Å². The monoisotopic (exact) mass is 460 g/mol. The summed E-state index contributed by atoms with van der Waals surface area (Å²) in [6.07, 6.45) is 1.74. The standard InChI is InChI=1S/C22H21ClN2O5S/c1-4-29-17-10-14(11-18-20(26)25(3)22(24-2)31-18)9-16(23)19(17)30-12-13-5-7-15(8-6-13)21(27)28/h5-11H,4,12H2,1-3H3,(H,27,28)/b18-11+,24-22?. The quantitative estimate of drug-likeness (QED) is 0.610. The fourth-order valence-electron chi connectivity index (χ4n) is 2.87. The number of carboxylic acids is 1. The molecule has 0 unspecified atom stereocenters. The first kappa shape index (κ1) is 22.7. The van der Waals surface area contributed by atoms with Crippen molar-refractivity contribution in [1.29, 1.82) is 0 Å². The number of amides is 1. The van der Waals surface area contributed by atoms with Gasteiger partial charge in [-0.2, -0.15) is 0 Å². The van der Waals surface area contributed by atoms with Crippen LogP contribution in [0.5, 0.6) is 11.5 Å². The Kier molecular flexibility index (Phi) is 7.25. The average Bonchev–Trinajstić information content (AvgIpc) is 3.01. The number of halogens is 1. The van der Waals surface area contributed by atoms with Crippen molar-refractivity contribution in [3.63, 3.8) is 0 Å². The van der Waals surface area contributed by atoms with Gasteiger partial charge in [-0.3, -0.25) is 14.7 Å². The first-order valence-electron chi connectivity index (χ1n) is 9.39. The Morgan fingerprint density at radius 1 is 1.26 bits per heavy atom. The van der Waals surface area contributed by atoms with E-state index in [1.54, 1.807) is 44.4 Å². The van der Waals surface area contributed by atoms with Crippen LogP contribution in [0, 0.1) is 0 Å². The molecular weight excluding hydrogens is 440 g/mol. The Morgan fingerprint density at radius 2 is 1.97 bits per heavy atom. The summed E-state index contributed by atoms with van der Waals surface area (Å²) in [6.45, 7) is 2.45. The summed E-state index contributed by atoms with van der Waals surface area (Å²) in [5, 5.41) is 9.97. The van der Waals surface area contributed by atoms with Crippen molar-refractivity contribution in [3.8, 4) is 11.5 Å². The molecule has 1 aliphatic heterocycles. The van der Waals surface area contributed by atoms with E-state index in [1.165, 1.54) is 28.8 Å². The van der Waals surface area contributed by atoms with Gasteiger partial charge in [0.1, 0.15) is 6.61 Å². The highest BCUT2D eigenvalue weighted by molar-refractivity contribution is 8.18. The van der Waals surface area contributed by atoms with Crippen molar-refractivity contribution in [3.05, 3.63) is 63.0 Å². The van der Waals surface area contributed by atoms with Crippen molar-refractivity contribution in [1.82, 2.24) is 4.90 Å². The molecule has 0 spiro atoms. The molecule has 162 valence electrons. The molecule has 1 N–H and O–H groups in total. The highest BCUT2D eigenvalue weighted by Gasteiger charge is 2.29. The molecule has 1 fully saturated rings. The maximum atomic E-state index is 12.4. The molecule has 9 heteroatoms. The zero-order valence-electron chi connectivity index (χ0n) is 17.2. The van der Waals surface area contributed by atoms with E-state index in [0.29, 0.717) is 38.8 Å². The Balaban J connectivity index is 1.84. The van der Waals surface area contributed by atoms with E-state index in [2.05, 4.69) is 4.99 Å². The first-order valence-corrected chi connectivity index (χ1v) is 10.6. The lowest BCUT2D eigenvalue weighted by atomic mass is 10.1. The second-order valence-electron chi connectivity index (χ2n) is 6.53. The van der Waals surface area contributed by atoms with Gasteiger partial charge in [0.2, 0.25) is 0 Å². The van der Waals surface area contributed by atoms with Crippen LogP contribution in [0.3, 0.4) is 0 Å². The van der Waals surface area contributed by atoms with Crippen LogP contribution in [0.15, 0.2) is 46.3 Å². The maximum Gasteiger partial charge on any atom is 0.335 e. The van der Waals surface area contributed by atoms with Gasteiger partial charge in [0.15, 0.2) is 16.7 Å². The molecular formula is C22H21ClN2O5S. The van der Waals surface area contributed by atoms with Crippen LogP contribution in [-0.2, 0) is 11.4 Å². The van der Waals surface area contributed by atoms with Gasteiger partial charge in [0.05, 0.1) is 22.1 Å². The van der Waals surface area contributed by atoms with Crippen LogP contribution in [-0.4, -0.2) is 47.8 Å². The number of benzene rings is 2. The number of likely N-dealkylation sites (N-methyl/N-ethyl adjacent to an activating group) is 1. The molecule has 0 aliphatic carbocycles. The Bertz CT molecular complexity index is 1070. The van der Waals surface area contributed by atoms with Gasteiger partial charge < -0.3 is 14.6 Å². The molecule has 0 radical (unpaired) electrons. The van der Waals surface area contributed by atoms with E-state index >= 15 is 0 Å². The smallest absolute Gasteiger partial charge is 0.335 e. The zero-order chi connectivity index (χ0) is 22.5. The van der Waals surface area contributed by atoms with Crippen LogP contribution in [0.4, 0.5) is 0 Å². The molecule has 0 bridgehead atoms. The van der Waals surface area contributed by atoms with Crippen LogP contribution in [0.1, 0.15) is 28.4 Å². The maximum absolute atomic E-state index is 12.4. The second-order valence-corrected chi connectivity index (χ2v) is 7.95. The topological polar surface area (TPSA) is 88.4 Å². The van der Waals surface area contributed by atoms with Gasteiger partial charge in [-0.15, -0.1) is 0 Å². The number of amidine groups is 1. The van der Waals surface area contributed by atoms with E-state index in [4.69, 9.17) is 26.2 Å². The lowest BCUT2D eigenvalue weighted by molar-refractivity contribution is -0.121. The average molecular weight is 461 g/mol. The molecule has 3 rings (SSSR count). The highest BCUT2D eigenvalue weighted by atomic mass is 35.5. The number of carbonyl (C=O) groups excluding carboxylic acids is 1. The third kappa shape index (κ3) is 5.21. The van der Waals surface area contributed by atoms with Crippen LogP contribution >= 0.6 is 23.4 Å². The third-order valence-electron chi connectivity index (χ3n) is 4.41. The summed E-state index contributed by atoms with van der Waals surface area (Å²) >= 11 is 7.76. The SMILES string of the molecule is CCOc1cc(/C=C2/SC(=NC)N(C)C2=O)cc(Cl)c1OCc1ccc(C(=O)O)cc1.